The molecular weight excluding hydrogens is 514 g/mol. The quantitative estimate of drug-likeness (QED) is 0.145. The van der Waals surface area contributed by atoms with Crippen molar-refractivity contribution in [2.24, 2.45) is 11.8 Å². The van der Waals surface area contributed by atoms with Crippen LogP contribution in [-0.4, -0.2) is 122 Å². The predicted octanol–water partition coefficient (Wildman–Crippen LogP) is -2.21. The van der Waals surface area contributed by atoms with Crippen molar-refractivity contribution in [2.45, 2.75) is 88.4 Å². The van der Waals surface area contributed by atoms with Gasteiger partial charge < -0.3 is 25.0 Å². The van der Waals surface area contributed by atoms with E-state index in [2.05, 4.69) is 42.6 Å². The van der Waals surface area contributed by atoms with Gasteiger partial charge in [-0.2, -0.15) is 5.53 Å². The van der Waals surface area contributed by atoms with Crippen molar-refractivity contribution >= 4 is 11.8 Å². The van der Waals surface area contributed by atoms with Crippen LogP contribution in [0.3, 0.4) is 0 Å². The van der Waals surface area contributed by atoms with Gasteiger partial charge >= 0.3 is 0 Å². The lowest BCUT2D eigenvalue weighted by molar-refractivity contribution is -0.130. The molecule has 5 aliphatic rings. The highest BCUT2D eigenvalue weighted by Gasteiger charge is 2.36. The Labute approximate surface area is 238 Å². The smallest absolute Gasteiger partial charge is 0.237 e. The number of piperidine rings is 2. The molecule has 4 heterocycles. The monoisotopic (exact) mass is 565 g/mol. The standard InChI is InChI=1S/C27H51N9O4/c1-18(37)36-8-5-21(6-9-36)32-26-11-25(29-17-30-26)27(39)28-13-23(38)15-35-7-4-19-10-24(3-2-20(19)14-35)40-16-22-12-31-34-33-22/h19-26,29-34,38H,2-17H2,1H3,(H,28,39)/t19?,20?,22?,23-,24?,25?,26?/m0/s1. The van der Waals surface area contributed by atoms with E-state index in [0.717, 1.165) is 71.4 Å². The number of ether oxygens (including phenoxy) is 1. The van der Waals surface area contributed by atoms with E-state index in [1.807, 2.05) is 4.90 Å². The van der Waals surface area contributed by atoms with E-state index in [9.17, 15) is 14.7 Å². The number of nitrogens with zero attached hydrogens (tertiary/aromatic N) is 2. The Hall–Kier alpha value is -1.42. The van der Waals surface area contributed by atoms with Crippen LogP contribution in [-0.2, 0) is 14.3 Å². The van der Waals surface area contributed by atoms with E-state index < -0.39 is 6.10 Å². The average molecular weight is 566 g/mol. The lowest BCUT2D eigenvalue weighted by Gasteiger charge is -2.44. The van der Waals surface area contributed by atoms with Gasteiger partial charge in [0.25, 0.3) is 0 Å². The Kier molecular flexibility index (Phi) is 11.0. The minimum atomic E-state index is -0.580. The fraction of sp³-hybridized carbons (Fsp3) is 0.926. The van der Waals surface area contributed by atoms with Gasteiger partial charge in [-0.05, 0) is 56.9 Å². The zero-order valence-electron chi connectivity index (χ0n) is 24.0. The maximum atomic E-state index is 12.9. The van der Waals surface area contributed by atoms with E-state index >= 15 is 0 Å². The Balaban J connectivity index is 0.958. The number of hydrogen-bond acceptors (Lipinski definition) is 11. The second-order valence-corrected chi connectivity index (χ2v) is 12.5. The molecule has 6 unspecified atom stereocenters. The lowest BCUT2D eigenvalue weighted by atomic mass is 9.74. The normalized spacial score (nSPS) is 34.8. The summed E-state index contributed by atoms with van der Waals surface area (Å²) in [6.45, 7) is 8.23. The zero-order valence-corrected chi connectivity index (χ0v) is 24.0. The van der Waals surface area contributed by atoms with Crippen molar-refractivity contribution in [2.75, 3.05) is 59.1 Å². The fourth-order valence-corrected chi connectivity index (χ4v) is 7.08. The minimum absolute atomic E-state index is 0.0472. The number of amides is 2. The van der Waals surface area contributed by atoms with E-state index in [0.29, 0.717) is 49.7 Å². The third-order valence-electron chi connectivity index (χ3n) is 9.49. The fourth-order valence-electron chi connectivity index (χ4n) is 7.08. The molecule has 0 aromatic carbocycles. The summed E-state index contributed by atoms with van der Waals surface area (Å²) >= 11 is 0. The van der Waals surface area contributed by atoms with Gasteiger partial charge in [0.15, 0.2) is 0 Å². The first-order chi connectivity index (χ1) is 19.4. The van der Waals surface area contributed by atoms with Crippen LogP contribution in [0.4, 0.5) is 0 Å². The Morgan fingerprint density at radius 3 is 2.67 bits per heavy atom. The molecule has 228 valence electrons. The van der Waals surface area contributed by atoms with Crippen LogP contribution in [0.25, 0.3) is 0 Å². The molecule has 1 aliphatic carbocycles. The van der Waals surface area contributed by atoms with Crippen LogP contribution in [0.1, 0.15) is 51.9 Å². The topological polar surface area (TPSA) is 154 Å². The third kappa shape index (κ3) is 8.55. The molecule has 5 rings (SSSR count). The second-order valence-electron chi connectivity index (χ2n) is 12.5. The van der Waals surface area contributed by atoms with Crippen molar-refractivity contribution in [1.29, 1.82) is 0 Å². The number of fused-ring (bicyclic) bond motifs is 1. The zero-order chi connectivity index (χ0) is 27.9. The maximum absolute atomic E-state index is 12.9. The molecule has 0 radical (unpaired) electrons. The highest BCUT2D eigenvalue weighted by atomic mass is 16.5. The van der Waals surface area contributed by atoms with Gasteiger partial charge in [-0.1, -0.05) is 0 Å². The van der Waals surface area contributed by atoms with Gasteiger partial charge in [-0.3, -0.25) is 25.5 Å². The molecule has 5 fully saturated rings. The Morgan fingerprint density at radius 2 is 1.90 bits per heavy atom. The molecule has 40 heavy (non-hydrogen) atoms. The number of carbonyl (C=O) groups excluding carboxylic acids is 2. The van der Waals surface area contributed by atoms with Crippen LogP contribution in [0.5, 0.6) is 0 Å². The van der Waals surface area contributed by atoms with Crippen molar-refractivity contribution < 1.29 is 19.4 Å². The number of β-amino-alcohol motifs (C(OH)–C–C–N with tert-alkyl or cyclic N) is 1. The number of hydrogen-bond donors (Lipinski definition) is 8. The molecule has 0 bridgehead atoms. The van der Waals surface area contributed by atoms with Crippen LogP contribution < -0.4 is 37.7 Å². The molecule has 13 nitrogen and oxygen atoms in total. The van der Waals surface area contributed by atoms with Gasteiger partial charge in [-0.15, -0.1) is 0 Å². The molecule has 4 saturated heterocycles. The highest BCUT2D eigenvalue weighted by Crippen LogP contribution is 2.37. The molecule has 4 aliphatic heterocycles. The number of rotatable bonds is 10. The molecule has 2 amide bonds. The van der Waals surface area contributed by atoms with Crippen molar-refractivity contribution in [3.63, 3.8) is 0 Å². The summed E-state index contributed by atoms with van der Waals surface area (Å²) in [7, 11) is 0. The number of hydrazine groups is 2. The summed E-state index contributed by atoms with van der Waals surface area (Å²) in [4.78, 5) is 28.7. The van der Waals surface area contributed by atoms with Crippen LogP contribution in [0.2, 0.25) is 0 Å². The van der Waals surface area contributed by atoms with Crippen molar-refractivity contribution in [3.05, 3.63) is 0 Å². The van der Waals surface area contributed by atoms with Gasteiger partial charge in [0.2, 0.25) is 11.8 Å². The molecule has 0 aromatic heterocycles. The van der Waals surface area contributed by atoms with E-state index in [1.165, 1.54) is 6.42 Å². The average Bonchev–Trinajstić information content (AvgIpc) is 3.49. The molecule has 13 heteroatoms. The predicted molar refractivity (Wildman–Crippen MR) is 150 cm³/mol. The Bertz CT molecular complexity index is 824. The van der Waals surface area contributed by atoms with Gasteiger partial charge in [0.1, 0.15) is 0 Å². The number of carbonyl (C=O) groups is 2. The molecule has 7 atom stereocenters. The first-order valence-corrected chi connectivity index (χ1v) is 15.4. The van der Waals surface area contributed by atoms with Gasteiger partial charge in [0, 0.05) is 65.3 Å². The van der Waals surface area contributed by atoms with Gasteiger partial charge in [0.05, 0.1) is 37.1 Å². The molecular formula is C27H51N9O4. The van der Waals surface area contributed by atoms with E-state index in [1.54, 1.807) is 6.92 Å². The van der Waals surface area contributed by atoms with Crippen LogP contribution in [0.15, 0.2) is 0 Å². The first kappa shape index (κ1) is 30.1. The maximum Gasteiger partial charge on any atom is 0.237 e. The SMILES string of the molecule is CC(=O)N1CCC(NC2CC(C(=O)NC[C@H](O)CN3CCC4CC(OCC5CNNN5)CCC4C3)NCN2)CC1. The molecule has 1 saturated carbocycles. The largest absolute Gasteiger partial charge is 0.390 e. The van der Waals surface area contributed by atoms with E-state index in [4.69, 9.17) is 4.74 Å². The summed E-state index contributed by atoms with van der Waals surface area (Å²) in [5.74, 6) is 1.45. The van der Waals surface area contributed by atoms with Crippen molar-refractivity contribution in [1.82, 2.24) is 47.5 Å². The van der Waals surface area contributed by atoms with Crippen molar-refractivity contribution in [3.8, 4) is 0 Å². The third-order valence-corrected chi connectivity index (χ3v) is 9.49. The number of aliphatic hydroxyl groups excluding tert-OH is 1. The summed E-state index contributed by atoms with van der Waals surface area (Å²) in [6, 6.07) is 0.370. The number of nitrogens with one attached hydrogen (secondary N) is 7. The highest BCUT2D eigenvalue weighted by molar-refractivity contribution is 5.81. The molecule has 0 aromatic rings. The second kappa shape index (κ2) is 14.7. The minimum Gasteiger partial charge on any atom is -0.390 e. The number of aliphatic hydroxyl groups is 1. The first-order valence-electron chi connectivity index (χ1n) is 15.4. The summed E-state index contributed by atoms with van der Waals surface area (Å²) < 4.78 is 6.21. The summed E-state index contributed by atoms with van der Waals surface area (Å²) in [5, 5.41) is 24.0. The molecule has 0 spiro atoms. The number of likely N-dealkylation sites (tertiary alicyclic amines) is 2. The van der Waals surface area contributed by atoms with E-state index in [-0.39, 0.29) is 30.6 Å². The van der Waals surface area contributed by atoms with Gasteiger partial charge in [-0.25, -0.2) is 10.9 Å². The van der Waals surface area contributed by atoms with Crippen LogP contribution in [0, 0.1) is 11.8 Å². The summed E-state index contributed by atoms with van der Waals surface area (Å²) in [5.41, 5.74) is 9.17. The Morgan fingerprint density at radius 1 is 1.05 bits per heavy atom. The summed E-state index contributed by atoms with van der Waals surface area (Å²) in [6.07, 6.45) is 6.89. The van der Waals surface area contributed by atoms with Crippen LogP contribution >= 0.6 is 0 Å². The molecule has 8 N–H and O–H groups in total. The lowest BCUT2D eigenvalue weighted by Crippen LogP contribution is -2.62.